The number of nitrogens with zero attached hydrogens (tertiary/aromatic N) is 5. The number of hydrogen-bond donors (Lipinski definition) is 0. The summed E-state index contributed by atoms with van der Waals surface area (Å²) >= 11 is 0. The van der Waals surface area contributed by atoms with Crippen molar-refractivity contribution in [3.8, 4) is 0 Å². The standard InChI is InChI=1S/C19H22F3N5O/c20-19(21,22)15-10-17(28)27(12-24-15)11-13-5-8-26(9-6-13)16-4-7-23-18(25-16)14-2-1-3-14/h4,7,10,12-14H,1-3,5-6,8-9,11H2. The fraction of sp³-hybridized carbons (Fsp3) is 0.579. The highest BCUT2D eigenvalue weighted by Crippen LogP contribution is 2.35. The molecule has 0 atom stereocenters. The molecule has 9 heteroatoms. The summed E-state index contributed by atoms with van der Waals surface area (Å²) in [5, 5.41) is 0. The minimum Gasteiger partial charge on any atom is -0.356 e. The first-order valence-electron chi connectivity index (χ1n) is 9.62. The molecule has 2 aromatic rings. The highest BCUT2D eigenvalue weighted by atomic mass is 19.4. The van der Waals surface area contributed by atoms with Crippen LogP contribution in [0.3, 0.4) is 0 Å². The maximum Gasteiger partial charge on any atom is 0.433 e. The topological polar surface area (TPSA) is 63.9 Å². The van der Waals surface area contributed by atoms with Gasteiger partial charge in [0.05, 0.1) is 6.33 Å². The summed E-state index contributed by atoms with van der Waals surface area (Å²) in [7, 11) is 0. The van der Waals surface area contributed by atoms with Crippen molar-refractivity contribution in [1.29, 1.82) is 0 Å². The van der Waals surface area contributed by atoms with Crippen molar-refractivity contribution < 1.29 is 13.2 Å². The number of hydrogen-bond acceptors (Lipinski definition) is 5. The van der Waals surface area contributed by atoms with Crippen molar-refractivity contribution in [3.05, 3.63) is 46.5 Å². The van der Waals surface area contributed by atoms with Gasteiger partial charge in [-0.25, -0.2) is 15.0 Å². The molecule has 0 bridgehead atoms. The molecular formula is C19H22F3N5O. The summed E-state index contributed by atoms with van der Waals surface area (Å²) in [4.78, 5) is 26.7. The molecule has 0 aromatic carbocycles. The van der Waals surface area contributed by atoms with Crippen LogP contribution < -0.4 is 10.5 Å². The van der Waals surface area contributed by atoms with Gasteiger partial charge < -0.3 is 4.90 Å². The molecule has 2 aromatic heterocycles. The summed E-state index contributed by atoms with van der Waals surface area (Å²) in [5.74, 6) is 2.56. The molecule has 0 radical (unpaired) electrons. The van der Waals surface area contributed by atoms with Gasteiger partial charge in [0.25, 0.3) is 5.56 Å². The molecule has 150 valence electrons. The molecule has 0 amide bonds. The lowest BCUT2D eigenvalue weighted by molar-refractivity contribution is -0.141. The molecule has 6 nitrogen and oxygen atoms in total. The monoisotopic (exact) mass is 393 g/mol. The van der Waals surface area contributed by atoms with Gasteiger partial charge in [0, 0.05) is 37.8 Å². The molecular weight excluding hydrogens is 371 g/mol. The minimum absolute atomic E-state index is 0.223. The van der Waals surface area contributed by atoms with E-state index in [0.717, 1.165) is 56.7 Å². The van der Waals surface area contributed by atoms with Crippen molar-refractivity contribution in [3.63, 3.8) is 0 Å². The van der Waals surface area contributed by atoms with E-state index in [1.54, 1.807) is 0 Å². The highest BCUT2D eigenvalue weighted by Gasteiger charge is 2.33. The van der Waals surface area contributed by atoms with E-state index in [0.29, 0.717) is 18.5 Å². The minimum atomic E-state index is -4.60. The van der Waals surface area contributed by atoms with E-state index >= 15 is 0 Å². The van der Waals surface area contributed by atoms with Gasteiger partial charge in [0.2, 0.25) is 0 Å². The van der Waals surface area contributed by atoms with Gasteiger partial charge in [-0.1, -0.05) is 6.42 Å². The molecule has 1 saturated heterocycles. The van der Waals surface area contributed by atoms with Crippen molar-refractivity contribution in [2.24, 2.45) is 5.92 Å². The summed E-state index contributed by atoms with van der Waals surface area (Å²) < 4.78 is 39.2. The van der Waals surface area contributed by atoms with Crippen molar-refractivity contribution >= 4 is 5.82 Å². The number of halogens is 3. The maximum absolute atomic E-state index is 12.6. The fourth-order valence-corrected chi connectivity index (χ4v) is 3.74. The van der Waals surface area contributed by atoms with Crippen LogP contribution in [0.2, 0.25) is 0 Å². The first-order valence-corrected chi connectivity index (χ1v) is 9.62. The maximum atomic E-state index is 12.6. The van der Waals surface area contributed by atoms with E-state index < -0.39 is 17.4 Å². The Balaban J connectivity index is 1.36. The lowest BCUT2D eigenvalue weighted by Gasteiger charge is -2.33. The van der Waals surface area contributed by atoms with E-state index in [1.165, 1.54) is 11.0 Å². The molecule has 28 heavy (non-hydrogen) atoms. The van der Waals surface area contributed by atoms with Crippen LogP contribution in [0, 0.1) is 5.92 Å². The normalized spacial score (nSPS) is 18.9. The summed E-state index contributed by atoms with van der Waals surface area (Å²) in [6.45, 7) is 1.98. The first kappa shape index (κ1) is 18.9. The van der Waals surface area contributed by atoms with E-state index in [1.807, 2.05) is 12.3 Å². The number of alkyl halides is 3. The van der Waals surface area contributed by atoms with Crippen molar-refractivity contribution in [2.75, 3.05) is 18.0 Å². The third-order valence-electron chi connectivity index (χ3n) is 5.69. The molecule has 1 aliphatic heterocycles. The number of piperidine rings is 1. The van der Waals surface area contributed by atoms with Crippen LogP contribution in [0.25, 0.3) is 0 Å². The van der Waals surface area contributed by atoms with E-state index in [9.17, 15) is 18.0 Å². The fourth-order valence-electron chi connectivity index (χ4n) is 3.74. The highest BCUT2D eigenvalue weighted by molar-refractivity contribution is 5.38. The summed E-state index contributed by atoms with van der Waals surface area (Å²) in [6.07, 6.45) is 3.46. The van der Waals surface area contributed by atoms with Gasteiger partial charge in [-0.15, -0.1) is 0 Å². The quantitative estimate of drug-likeness (QED) is 0.798. The molecule has 0 unspecified atom stereocenters. The largest absolute Gasteiger partial charge is 0.433 e. The van der Waals surface area contributed by atoms with Gasteiger partial charge in [-0.3, -0.25) is 9.36 Å². The smallest absolute Gasteiger partial charge is 0.356 e. The van der Waals surface area contributed by atoms with Crippen LogP contribution in [0.1, 0.15) is 49.5 Å². The lowest BCUT2D eigenvalue weighted by Crippen LogP contribution is -2.37. The molecule has 1 aliphatic carbocycles. The van der Waals surface area contributed by atoms with Gasteiger partial charge in [-0.2, -0.15) is 13.2 Å². The predicted molar refractivity (Wildman–Crippen MR) is 97.1 cm³/mol. The Morgan fingerprint density at radius 1 is 1.11 bits per heavy atom. The molecule has 2 aliphatic rings. The Kier molecular flexibility index (Phi) is 5.07. The summed E-state index contributed by atoms with van der Waals surface area (Å²) in [5.41, 5.74) is -1.81. The average molecular weight is 393 g/mol. The predicted octanol–water partition coefficient (Wildman–Crippen LogP) is 3.24. The molecule has 0 spiro atoms. The van der Waals surface area contributed by atoms with E-state index in [-0.39, 0.29) is 5.92 Å². The molecule has 2 fully saturated rings. The van der Waals surface area contributed by atoms with Crippen LogP contribution in [0.4, 0.5) is 19.0 Å². The molecule has 0 N–H and O–H groups in total. The average Bonchev–Trinajstić information content (AvgIpc) is 2.62. The Morgan fingerprint density at radius 3 is 2.46 bits per heavy atom. The Hall–Kier alpha value is -2.45. The lowest BCUT2D eigenvalue weighted by atomic mass is 9.85. The third-order valence-corrected chi connectivity index (χ3v) is 5.69. The van der Waals surface area contributed by atoms with E-state index in [2.05, 4.69) is 14.9 Å². The zero-order chi connectivity index (χ0) is 19.7. The second-order valence-electron chi connectivity index (χ2n) is 7.59. The second kappa shape index (κ2) is 7.52. The van der Waals surface area contributed by atoms with Crippen LogP contribution in [-0.2, 0) is 12.7 Å². The van der Waals surface area contributed by atoms with Crippen LogP contribution in [-0.4, -0.2) is 32.6 Å². The van der Waals surface area contributed by atoms with E-state index in [4.69, 9.17) is 4.98 Å². The number of anilines is 1. The van der Waals surface area contributed by atoms with Gasteiger partial charge in [-0.05, 0) is 37.7 Å². The molecule has 1 saturated carbocycles. The van der Waals surface area contributed by atoms with Gasteiger partial charge in [0.1, 0.15) is 11.6 Å². The van der Waals surface area contributed by atoms with Crippen molar-refractivity contribution in [1.82, 2.24) is 19.5 Å². The Morgan fingerprint density at radius 2 is 1.86 bits per heavy atom. The van der Waals surface area contributed by atoms with Crippen molar-refractivity contribution in [2.45, 2.75) is 50.7 Å². The van der Waals surface area contributed by atoms with Crippen LogP contribution in [0.5, 0.6) is 0 Å². The third kappa shape index (κ3) is 4.02. The number of rotatable bonds is 4. The number of aromatic nitrogens is 4. The Bertz CT molecular complexity index is 886. The summed E-state index contributed by atoms with van der Waals surface area (Å²) in [6, 6.07) is 2.49. The first-order chi connectivity index (χ1) is 13.4. The van der Waals surface area contributed by atoms with Crippen LogP contribution >= 0.6 is 0 Å². The van der Waals surface area contributed by atoms with Crippen LogP contribution in [0.15, 0.2) is 29.5 Å². The van der Waals surface area contributed by atoms with Gasteiger partial charge in [0.15, 0.2) is 5.69 Å². The van der Waals surface area contributed by atoms with Gasteiger partial charge >= 0.3 is 6.18 Å². The SMILES string of the molecule is O=c1cc(C(F)(F)F)ncn1CC1CCN(c2ccnc(C3CCC3)n2)CC1. The zero-order valence-corrected chi connectivity index (χ0v) is 15.4. The zero-order valence-electron chi connectivity index (χ0n) is 15.4. The molecule has 3 heterocycles. The Labute approximate surface area is 160 Å². The molecule has 4 rings (SSSR count). The second-order valence-corrected chi connectivity index (χ2v) is 7.59.